The van der Waals surface area contributed by atoms with E-state index in [1.807, 2.05) is 18.2 Å². The fourth-order valence-corrected chi connectivity index (χ4v) is 4.40. The maximum atomic E-state index is 14.4. The third kappa shape index (κ3) is 3.31. The van der Waals surface area contributed by atoms with Crippen LogP contribution >= 0.6 is 0 Å². The molecule has 0 bridgehead atoms. The van der Waals surface area contributed by atoms with Gasteiger partial charge in [0.1, 0.15) is 5.69 Å². The Bertz CT molecular complexity index is 1150. The van der Waals surface area contributed by atoms with E-state index in [0.717, 1.165) is 22.2 Å². The van der Waals surface area contributed by atoms with Gasteiger partial charge in [0.15, 0.2) is 11.6 Å². The zero-order chi connectivity index (χ0) is 20.1. The van der Waals surface area contributed by atoms with Crippen LogP contribution in [0.3, 0.4) is 0 Å². The number of rotatable bonds is 3. The average Bonchev–Trinajstić information content (AvgIpc) is 3.07. The summed E-state index contributed by atoms with van der Waals surface area (Å²) in [7, 11) is -3.17. The number of aromatic nitrogens is 2. The summed E-state index contributed by atoms with van der Waals surface area (Å²) in [6, 6.07) is 8.75. The van der Waals surface area contributed by atoms with Crippen molar-refractivity contribution in [3.05, 3.63) is 47.9 Å². The molecule has 1 aliphatic heterocycles. The van der Waals surface area contributed by atoms with E-state index in [0.29, 0.717) is 26.2 Å². The average molecular weight is 404 g/mol. The van der Waals surface area contributed by atoms with E-state index in [-0.39, 0.29) is 5.69 Å². The fraction of sp³-hybridized carbons (Fsp3) is 0.316. The number of hydrogen-bond acceptors (Lipinski definition) is 5. The van der Waals surface area contributed by atoms with E-state index in [9.17, 15) is 17.9 Å². The van der Waals surface area contributed by atoms with Gasteiger partial charge in [-0.1, -0.05) is 0 Å². The normalized spacial score (nSPS) is 16.0. The second kappa shape index (κ2) is 6.75. The molecule has 1 aromatic heterocycles. The summed E-state index contributed by atoms with van der Waals surface area (Å²) in [4.78, 5) is 2.12. The van der Waals surface area contributed by atoms with Crippen molar-refractivity contribution in [2.24, 2.45) is 0 Å². The maximum Gasteiger partial charge on any atom is 0.211 e. The molecule has 7 nitrogen and oxygen atoms in total. The molecule has 0 atom stereocenters. The van der Waals surface area contributed by atoms with Crippen LogP contribution in [0.4, 0.5) is 10.1 Å². The molecule has 0 radical (unpaired) electrons. The van der Waals surface area contributed by atoms with E-state index >= 15 is 0 Å². The molecule has 4 rings (SSSR count). The van der Waals surface area contributed by atoms with Gasteiger partial charge in [-0.05, 0) is 42.8 Å². The predicted octanol–water partition coefficient (Wildman–Crippen LogP) is 2.26. The van der Waals surface area contributed by atoms with Crippen LogP contribution in [0.2, 0.25) is 0 Å². The van der Waals surface area contributed by atoms with E-state index in [1.54, 1.807) is 19.2 Å². The van der Waals surface area contributed by atoms with Gasteiger partial charge < -0.3 is 10.0 Å². The minimum absolute atomic E-state index is 0.196. The molecular weight excluding hydrogens is 383 g/mol. The standard InChI is InChI=1S/C19H21FN4O3S/c1-13-9-17(19(20)18(25)10-13)24-16-4-3-15(11-14(16)12-21-24)22-5-7-23(8-6-22)28(2,26)27/h3-4,9-12,25H,5-8H2,1-2H3. The SMILES string of the molecule is Cc1cc(O)c(F)c(-n2ncc3cc(N4CCN(S(C)(=O)=O)CC4)ccc32)c1. The highest BCUT2D eigenvalue weighted by atomic mass is 32.2. The number of hydrogen-bond donors (Lipinski definition) is 1. The monoisotopic (exact) mass is 404 g/mol. The first-order chi connectivity index (χ1) is 13.2. The minimum atomic E-state index is -3.17. The minimum Gasteiger partial charge on any atom is -0.505 e. The molecule has 9 heteroatoms. The van der Waals surface area contributed by atoms with Crippen LogP contribution < -0.4 is 4.90 Å². The molecule has 148 valence electrons. The molecule has 2 heterocycles. The quantitative estimate of drug-likeness (QED) is 0.725. The molecule has 1 N–H and O–H groups in total. The van der Waals surface area contributed by atoms with Gasteiger partial charge in [0, 0.05) is 37.3 Å². The first-order valence-electron chi connectivity index (χ1n) is 8.91. The highest BCUT2D eigenvalue weighted by molar-refractivity contribution is 7.88. The fourth-order valence-electron chi connectivity index (χ4n) is 3.57. The number of aromatic hydroxyl groups is 1. The molecule has 1 fully saturated rings. The zero-order valence-corrected chi connectivity index (χ0v) is 16.4. The molecule has 28 heavy (non-hydrogen) atoms. The highest BCUT2D eigenvalue weighted by Gasteiger charge is 2.24. The number of phenolic OH excluding ortho intramolecular Hbond substituents is 1. The van der Waals surface area contributed by atoms with Crippen LogP contribution in [-0.2, 0) is 10.0 Å². The summed E-state index contributed by atoms with van der Waals surface area (Å²) in [6.45, 7) is 3.89. The second-order valence-electron chi connectivity index (χ2n) is 7.07. The van der Waals surface area contributed by atoms with Gasteiger partial charge in [-0.15, -0.1) is 0 Å². The van der Waals surface area contributed by atoms with Crippen molar-refractivity contribution in [3.8, 4) is 11.4 Å². The molecule has 0 amide bonds. The molecule has 3 aromatic rings. The maximum absolute atomic E-state index is 14.4. The van der Waals surface area contributed by atoms with Crippen LogP contribution in [0.15, 0.2) is 36.5 Å². The van der Waals surface area contributed by atoms with E-state index < -0.39 is 21.6 Å². The Labute approximate surface area is 162 Å². The van der Waals surface area contributed by atoms with Gasteiger partial charge in [-0.2, -0.15) is 9.40 Å². The van der Waals surface area contributed by atoms with Crippen molar-refractivity contribution in [3.63, 3.8) is 0 Å². The van der Waals surface area contributed by atoms with Crippen molar-refractivity contribution in [2.75, 3.05) is 37.3 Å². The van der Waals surface area contributed by atoms with Crippen molar-refractivity contribution in [1.29, 1.82) is 0 Å². The Hall–Kier alpha value is -2.65. The Morgan fingerprint density at radius 2 is 1.82 bits per heavy atom. The molecule has 0 spiro atoms. The Balaban J connectivity index is 1.65. The lowest BCUT2D eigenvalue weighted by molar-refractivity contribution is 0.388. The topological polar surface area (TPSA) is 78.7 Å². The number of halogens is 1. The lowest BCUT2D eigenvalue weighted by atomic mass is 10.1. The van der Waals surface area contributed by atoms with Crippen molar-refractivity contribution in [1.82, 2.24) is 14.1 Å². The van der Waals surface area contributed by atoms with Gasteiger partial charge in [-0.3, -0.25) is 0 Å². The number of fused-ring (bicyclic) bond motifs is 1. The third-order valence-corrected chi connectivity index (χ3v) is 6.33. The lowest BCUT2D eigenvalue weighted by Gasteiger charge is -2.34. The van der Waals surface area contributed by atoms with Gasteiger partial charge in [0.25, 0.3) is 0 Å². The largest absolute Gasteiger partial charge is 0.505 e. The zero-order valence-electron chi connectivity index (χ0n) is 15.6. The summed E-state index contributed by atoms with van der Waals surface area (Å²) < 4.78 is 40.7. The molecule has 2 aromatic carbocycles. The molecule has 1 saturated heterocycles. The molecule has 1 aliphatic rings. The van der Waals surface area contributed by atoms with Gasteiger partial charge in [0.05, 0.1) is 18.0 Å². The van der Waals surface area contributed by atoms with Crippen LogP contribution in [0, 0.1) is 12.7 Å². The molecule has 0 saturated carbocycles. The number of phenols is 1. The molecular formula is C19H21FN4O3S. The van der Waals surface area contributed by atoms with E-state index in [1.165, 1.54) is 21.3 Å². The van der Waals surface area contributed by atoms with Gasteiger partial charge in [0.2, 0.25) is 10.0 Å². The molecule has 0 aliphatic carbocycles. The third-order valence-electron chi connectivity index (χ3n) is 5.03. The summed E-state index contributed by atoms with van der Waals surface area (Å²) in [5, 5.41) is 14.9. The van der Waals surface area contributed by atoms with Crippen LogP contribution in [-0.4, -0.2) is 60.0 Å². The summed E-state index contributed by atoms with van der Waals surface area (Å²) in [5.74, 6) is -1.12. The van der Waals surface area contributed by atoms with Crippen molar-refractivity contribution < 1.29 is 17.9 Å². The number of aryl methyl sites for hydroxylation is 1. The Morgan fingerprint density at radius 1 is 1.11 bits per heavy atom. The lowest BCUT2D eigenvalue weighted by Crippen LogP contribution is -2.48. The second-order valence-corrected chi connectivity index (χ2v) is 9.05. The summed E-state index contributed by atoms with van der Waals surface area (Å²) in [5.41, 5.74) is 2.62. The van der Waals surface area contributed by atoms with Crippen LogP contribution in [0.5, 0.6) is 5.75 Å². The van der Waals surface area contributed by atoms with Crippen LogP contribution in [0.25, 0.3) is 16.6 Å². The van der Waals surface area contributed by atoms with Crippen molar-refractivity contribution >= 4 is 26.6 Å². The van der Waals surface area contributed by atoms with Gasteiger partial charge >= 0.3 is 0 Å². The predicted molar refractivity (Wildman–Crippen MR) is 106 cm³/mol. The van der Waals surface area contributed by atoms with Crippen molar-refractivity contribution in [2.45, 2.75) is 6.92 Å². The number of nitrogens with zero attached hydrogens (tertiary/aromatic N) is 4. The first-order valence-corrected chi connectivity index (χ1v) is 10.8. The Morgan fingerprint density at radius 3 is 2.50 bits per heavy atom. The number of sulfonamides is 1. The van der Waals surface area contributed by atoms with Gasteiger partial charge in [-0.25, -0.2) is 17.5 Å². The number of anilines is 1. The molecule has 0 unspecified atom stereocenters. The highest BCUT2D eigenvalue weighted by Crippen LogP contribution is 2.29. The smallest absolute Gasteiger partial charge is 0.211 e. The Kier molecular flexibility index (Phi) is 4.51. The number of benzene rings is 2. The van der Waals surface area contributed by atoms with E-state index in [2.05, 4.69) is 10.00 Å². The van der Waals surface area contributed by atoms with Crippen LogP contribution in [0.1, 0.15) is 5.56 Å². The first kappa shape index (κ1) is 18.7. The summed E-state index contributed by atoms with van der Waals surface area (Å²) >= 11 is 0. The van der Waals surface area contributed by atoms with E-state index in [4.69, 9.17) is 0 Å². The summed E-state index contributed by atoms with van der Waals surface area (Å²) in [6.07, 6.45) is 2.88. The number of piperazine rings is 1.